The van der Waals surface area contributed by atoms with Gasteiger partial charge in [-0.25, -0.2) is 0 Å². The number of carbonyl (C=O) groups is 3. The number of rotatable bonds is 6. The molecule has 190 valence electrons. The number of anilines is 1. The molecule has 2 saturated heterocycles. The van der Waals surface area contributed by atoms with Gasteiger partial charge in [-0.3, -0.25) is 19.3 Å². The maximum absolute atomic E-state index is 13.1. The van der Waals surface area contributed by atoms with Crippen LogP contribution in [-0.2, 0) is 14.4 Å². The second kappa shape index (κ2) is 12.0. The van der Waals surface area contributed by atoms with E-state index in [9.17, 15) is 14.4 Å². The number of likely N-dealkylation sites (tertiary alicyclic amines) is 1. The van der Waals surface area contributed by atoms with Gasteiger partial charge in [-0.05, 0) is 49.5 Å². The van der Waals surface area contributed by atoms with Crippen molar-refractivity contribution in [3.8, 4) is 0 Å². The van der Waals surface area contributed by atoms with Gasteiger partial charge in [0.25, 0.3) is 0 Å². The molecule has 7 nitrogen and oxygen atoms in total. The molecule has 2 aromatic carbocycles. The van der Waals surface area contributed by atoms with Gasteiger partial charge in [0, 0.05) is 56.9 Å². The summed E-state index contributed by atoms with van der Waals surface area (Å²) in [6.07, 6.45) is 4.85. The van der Waals surface area contributed by atoms with E-state index in [2.05, 4.69) is 10.2 Å². The Hall–Kier alpha value is -3.45. The van der Waals surface area contributed by atoms with Gasteiger partial charge in [0.1, 0.15) is 0 Å². The summed E-state index contributed by atoms with van der Waals surface area (Å²) in [5.41, 5.74) is 3.99. The Bertz CT molecular complexity index is 1080. The van der Waals surface area contributed by atoms with Gasteiger partial charge < -0.3 is 15.1 Å². The maximum Gasteiger partial charge on any atom is 0.246 e. The largest absolute Gasteiger partial charge is 0.340 e. The molecule has 4 rings (SSSR count). The van der Waals surface area contributed by atoms with Gasteiger partial charge in [-0.2, -0.15) is 0 Å². The molecule has 0 unspecified atom stereocenters. The van der Waals surface area contributed by atoms with Crippen molar-refractivity contribution in [2.75, 3.05) is 51.1 Å². The van der Waals surface area contributed by atoms with Gasteiger partial charge in [0.2, 0.25) is 17.7 Å². The molecule has 1 N–H and O–H groups in total. The molecule has 0 aliphatic carbocycles. The number of piperazine rings is 1. The zero-order valence-corrected chi connectivity index (χ0v) is 21.3. The minimum absolute atomic E-state index is 0.00228. The SMILES string of the molecule is Cc1cccc(C)c1NC(=O)CN1CCN(C(=O)C2CCN(C(=O)C=Cc3ccccc3)CC2)CC1. The lowest BCUT2D eigenvalue weighted by Gasteiger charge is -2.38. The van der Waals surface area contributed by atoms with Crippen LogP contribution in [0.3, 0.4) is 0 Å². The number of para-hydroxylation sites is 1. The molecule has 2 aliphatic rings. The quantitative estimate of drug-likeness (QED) is 0.633. The molecule has 0 atom stereocenters. The number of hydrogen-bond donors (Lipinski definition) is 1. The van der Waals surface area contributed by atoms with Crippen molar-refractivity contribution in [2.45, 2.75) is 26.7 Å². The molecular weight excluding hydrogens is 452 g/mol. The van der Waals surface area contributed by atoms with Crippen LogP contribution in [0.15, 0.2) is 54.6 Å². The molecule has 3 amide bonds. The van der Waals surface area contributed by atoms with Gasteiger partial charge in [0.05, 0.1) is 6.54 Å². The highest BCUT2D eigenvalue weighted by Gasteiger charge is 2.31. The summed E-state index contributed by atoms with van der Waals surface area (Å²) in [5.74, 6) is 0.121. The fraction of sp³-hybridized carbons (Fsp3) is 0.414. The molecular formula is C29H36N4O3. The van der Waals surface area contributed by atoms with E-state index in [1.54, 1.807) is 6.08 Å². The number of hydrogen-bond acceptors (Lipinski definition) is 4. The highest BCUT2D eigenvalue weighted by molar-refractivity contribution is 5.94. The third-order valence-corrected chi connectivity index (χ3v) is 7.17. The van der Waals surface area contributed by atoms with Crippen molar-refractivity contribution < 1.29 is 14.4 Å². The highest BCUT2D eigenvalue weighted by atomic mass is 16.2. The smallest absolute Gasteiger partial charge is 0.246 e. The van der Waals surface area contributed by atoms with Gasteiger partial charge >= 0.3 is 0 Å². The molecule has 0 spiro atoms. The van der Waals surface area contributed by atoms with Gasteiger partial charge in [-0.15, -0.1) is 0 Å². The minimum Gasteiger partial charge on any atom is -0.340 e. The Morgan fingerprint density at radius 2 is 1.47 bits per heavy atom. The fourth-order valence-corrected chi connectivity index (χ4v) is 4.96. The highest BCUT2D eigenvalue weighted by Crippen LogP contribution is 2.22. The molecule has 0 bridgehead atoms. The first-order valence-corrected chi connectivity index (χ1v) is 12.8. The summed E-state index contributed by atoms with van der Waals surface area (Å²) < 4.78 is 0. The molecule has 2 fully saturated rings. The van der Waals surface area contributed by atoms with Crippen molar-refractivity contribution in [1.82, 2.24) is 14.7 Å². The van der Waals surface area contributed by atoms with Crippen molar-refractivity contribution in [3.63, 3.8) is 0 Å². The van der Waals surface area contributed by atoms with Crippen LogP contribution in [0.4, 0.5) is 5.69 Å². The van der Waals surface area contributed by atoms with Crippen molar-refractivity contribution in [3.05, 3.63) is 71.3 Å². The molecule has 0 radical (unpaired) electrons. The predicted molar refractivity (Wildman–Crippen MR) is 142 cm³/mol. The number of aryl methyl sites for hydroxylation is 2. The zero-order chi connectivity index (χ0) is 25.5. The monoisotopic (exact) mass is 488 g/mol. The van der Waals surface area contributed by atoms with Crippen molar-refractivity contribution in [1.29, 1.82) is 0 Å². The van der Waals surface area contributed by atoms with E-state index in [0.29, 0.717) is 58.7 Å². The van der Waals surface area contributed by atoms with E-state index in [-0.39, 0.29) is 23.6 Å². The summed E-state index contributed by atoms with van der Waals surface area (Å²) in [4.78, 5) is 44.1. The summed E-state index contributed by atoms with van der Waals surface area (Å²) in [7, 11) is 0. The first-order valence-electron chi connectivity index (χ1n) is 12.8. The normalized spacial score (nSPS) is 17.4. The van der Waals surface area contributed by atoms with Crippen LogP contribution in [0.2, 0.25) is 0 Å². The predicted octanol–water partition coefficient (Wildman–Crippen LogP) is 3.34. The maximum atomic E-state index is 13.1. The lowest BCUT2D eigenvalue weighted by Crippen LogP contribution is -2.53. The van der Waals surface area contributed by atoms with Crippen LogP contribution in [0.25, 0.3) is 6.08 Å². The summed E-state index contributed by atoms with van der Waals surface area (Å²) >= 11 is 0. The molecule has 2 aromatic rings. The minimum atomic E-state index is -0.0361. The van der Waals surface area contributed by atoms with Crippen LogP contribution >= 0.6 is 0 Å². The van der Waals surface area contributed by atoms with E-state index in [0.717, 1.165) is 22.4 Å². The number of carbonyl (C=O) groups excluding carboxylic acids is 3. The van der Waals surface area contributed by atoms with Gasteiger partial charge in [-0.1, -0.05) is 48.5 Å². The topological polar surface area (TPSA) is 73.0 Å². The van der Waals surface area contributed by atoms with E-state index >= 15 is 0 Å². The van der Waals surface area contributed by atoms with Crippen LogP contribution in [-0.4, -0.2) is 78.2 Å². The van der Waals surface area contributed by atoms with E-state index in [1.165, 1.54) is 0 Å². The van der Waals surface area contributed by atoms with Crippen LogP contribution in [0.1, 0.15) is 29.5 Å². The average molecular weight is 489 g/mol. The molecule has 36 heavy (non-hydrogen) atoms. The number of nitrogens with zero attached hydrogens (tertiary/aromatic N) is 3. The number of nitrogens with one attached hydrogen (secondary N) is 1. The second-order valence-electron chi connectivity index (χ2n) is 9.76. The first-order chi connectivity index (χ1) is 17.4. The second-order valence-corrected chi connectivity index (χ2v) is 9.76. The summed E-state index contributed by atoms with van der Waals surface area (Å²) in [6.45, 7) is 8.17. The Morgan fingerprint density at radius 3 is 2.11 bits per heavy atom. The van der Waals surface area contributed by atoms with E-state index in [4.69, 9.17) is 0 Å². The Kier molecular flexibility index (Phi) is 8.54. The molecule has 2 aliphatic heterocycles. The fourth-order valence-electron chi connectivity index (χ4n) is 4.96. The van der Waals surface area contributed by atoms with Crippen LogP contribution in [0.5, 0.6) is 0 Å². The number of piperidine rings is 1. The summed E-state index contributed by atoms with van der Waals surface area (Å²) in [6, 6.07) is 15.7. The molecule has 2 heterocycles. The number of amides is 3. The lowest BCUT2D eigenvalue weighted by atomic mass is 9.95. The Balaban J connectivity index is 1.19. The third kappa shape index (κ3) is 6.61. The lowest BCUT2D eigenvalue weighted by molar-refractivity contribution is -0.141. The Labute approximate surface area is 213 Å². The van der Waals surface area contributed by atoms with Crippen molar-refractivity contribution >= 4 is 29.5 Å². The van der Waals surface area contributed by atoms with Crippen LogP contribution < -0.4 is 5.32 Å². The third-order valence-electron chi connectivity index (χ3n) is 7.17. The molecule has 0 aromatic heterocycles. The Morgan fingerprint density at radius 1 is 0.833 bits per heavy atom. The number of benzene rings is 2. The zero-order valence-electron chi connectivity index (χ0n) is 21.3. The molecule has 7 heteroatoms. The summed E-state index contributed by atoms with van der Waals surface area (Å²) in [5, 5.41) is 3.04. The van der Waals surface area contributed by atoms with Crippen molar-refractivity contribution in [2.24, 2.45) is 5.92 Å². The van der Waals surface area contributed by atoms with Gasteiger partial charge in [0.15, 0.2) is 0 Å². The van der Waals surface area contributed by atoms with E-state index < -0.39 is 0 Å². The average Bonchev–Trinajstić information content (AvgIpc) is 2.90. The van der Waals surface area contributed by atoms with Crippen LogP contribution in [0, 0.1) is 19.8 Å². The first kappa shape index (κ1) is 25.6. The standard InChI is InChI=1S/C29H36N4O3/c1-22-7-6-8-23(2)28(22)30-26(34)21-31-17-19-33(20-18-31)29(36)25-13-15-32(16-14-25)27(35)12-11-24-9-4-3-5-10-24/h3-12,25H,13-21H2,1-2H3,(H,30,34). The van der Waals surface area contributed by atoms with E-state index in [1.807, 2.05) is 78.3 Å². The molecule has 0 saturated carbocycles.